The average molecular weight is 1200 g/mol. The van der Waals surface area contributed by atoms with Gasteiger partial charge in [-0.15, -0.1) is 0 Å². The molecule has 0 radical (unpaired) electrons. The van der Waals surface area contributed by atoms with E-state index in [1.807, 2.05) is 13.8 Å². The molecule has 81 heavy (non-hydrogen) atoms. The molecule has 1 fully saturated rings. The maximum atomic E-state index is 14.1. The molecule has 0 saturated carbocycles. The van der Waals surface area contributed by atoms with Crippen molar-refractivity contribution in [2.24, 2.45) is 22.4 Å². The van der Waals surface area contributed by atoms with E-state index >= 15 is 0 Å². The molecule has 1 saturated heterocycles. The van der Waals surface area contributed by atoms with Crippen molar-refractivity contribution in [3.05, 3.63) is 0 Å². The number of carbonyl (C=O) groups is 13. The third kappa shape index (κ3) is 35.3. The van der Waals surface area contributed by atoms with E-state index < -0.39 is 165 Å². The average Bonchev–Trinajstić information content (AvgIpc) is 3.38. The van der Waals surface area contributed by atoms with Crippen LogP contribution in [0.15, 0.2) is 4.99 Å². The second kappa shape index (κ2) is 41.9. The molecule has 0 aliphatic carbocycles. The number of aliphatic imine (C=N–C) groups is 1. The summed E-state index contributed by atoms with van der Waals surface area (Å²) in [6, 6.07) is -7.06. The van der Waals surface area contributed by atoms with Crippen LogP contribution >= 0.6 is 21.6 Å². The Morgan fingerprint density at radius 1 is 0.593 bits per heavy atom. The fourth-order valence-corrected chi connectivity index (χ4v) is 9.65. The quantitative estimate of drug-likeness (QED) is 0.0124. The molecular weight excluding hydrogens is 1110 g/mol. The zero-order chi connectivity index (χ0) is 61.6. The van der Waals surface area contributed by atoms with Crippen LogP contribution < -0.4 is 48.7 Å². The zero-order valence-corrected chi connectivity index (χ0v) is 47.6. The molecule has 1 aliphatic rings. The lowest BCUT2D eigenvalue weighted by molar-refractivity contribution is -0.143. The number of aliphatic carboxylic acids is 6. The van der Waals surface area contributed by atoms with Gasteiger partial charge >= 0.3 is 35.8 Å². The third-order valence-corrected chi connectivity index (χ3v) is 14.0. The van der Waals surface area contributed by atoms with Crippen LogP contribution in [0.2, 0.25) is 0 Å². The Bertz CT molecular complexity index is 2130. The third-order valence-electron chi connectivity index (χ3n) is 11.6. The first-order chi connectivity index (χ1) is 38.2. The van der Waals surface area contributed by atoms with Gasteiger partial charge < -0.3 is 79.3 Å². The van der Waals surface area contributed by atoms with Gasteiger partial charge in [0.15, 0.2) is 5.96 Å². The van der Waals surface area contributed by atoms with Crippen molar-refractivity contribution in [1.29, 1.82) is 0 Å². The standard InChI is InChI=1S/C45H75N13O19S2.C2H6/c1-3-26(2)39-44(77)53-27(8-7-13-49-45(46)47)41(74)52-28(10-11-33(61)62)42(75)54-29(40(73)50-18-34(63)64)24-78-79-25-30(43(76)55-39)51-31(59)9-5-4-6-12-48-32(60)19-57(21-36(67)68)16-14-56(20-35(65)66)15-17-58(22-37(69)70)23-38(71)72;1-2/h26-30,39H,3-25H2,1-2H3,(H,48,60)(H,50,73)(H,51,59)(H,52,74)(H,53,77)(H,54,75)(H,55,76)(H,61,62)(H,63,64)(H,65,66)(H,67,68)(H,69,70)(H,71,72)(H4,46,47,49);1-2H3/t26-,27+,28+,29?,30?,39?;/m1./s1. The number of carboxylic acids is 6. The minimum absolute atomic E-state index is 0.00937. The van der Waals surface area contributed by atoms with E-state index in [4.69, 9.17) is 21.7 Å². The highest BCUT2D eigenvalue weighted by Crippen LogP contribution is 2.24. The lowest BCUT2D eigenvalue weighted by Crippen LogP contribution is -2.60. The van der Waals surface area contributed by atoms with E-state index in [1.165, 1.54) is 9.80 Å². The van der Waals surface area contributed by atoms with E-state index in [9.17, 15) is 82.8 Å². The maximum absolute atomic E-state index is 14.1. The van der Waals surface area contributed by atoms with Crippen molar-refractivity contribution in [3.63, 3.8) is 0 Å². The zero-order valence-electron chi connectivity index (χ0n) is 46.0. The SMILES string of the molecule is CC.CC[C@@H](C)C1NC(=O)C(NC(=O)CCCCCNC(=O)CN(CCN(CCN(CC(=O)O)CC(=O)O)CC(=O)O)CC(=O)O)CSSCC(C(=O)NCC(=O)O)NC(=O)[C@H](CCC(=O)O)NC(=O)[C@H](CCCN=C(N)N)NC1=O. The van der Waals surface area contributed by atoms with Crippen molar-refractivity contribution in [3.8, 4) is 0 Å². The Morgan fingerprint density at radius 3 is 1.65 bits per heavy atom. The predicted octanol–water partition coefficient (Wildman–Crippen LogP) is -4.08. The number of carboxylic acid groups (broad SMARTS) is 6. The number of hydrogen-bond donors (Lipinski definition) is 15. The highest BCUT2D eigenvalue weighted by Gasteiger charge is 2.35. The van der Waals surface area contributed by atoms with E-state index in [0.29, 0.717) is 19.3 Å². The van der Waals surface area contributed by atoms with E-state index in [0.717, 1.165) is 26.5 Å². The van der Waals surface area contributed by atoms with Gasteiger partial charge in [-0.25, -0.2) is 0 Å². The molecule has 34 heteroatoms. The molecule has 17 N–H and O–H groups in total. The predicted molar refractivity (Wildman–Crippen MR) is 294 cm³/mol. The molecule has 3 unspecified atom stereocenters. The van der Waals surface area contributed by atoms with Crippen LogP contribution in [0.5, 0.6) is 0 Å². The molecule has 6 atom stereocenters. The number of nitrogens with one attached hydrogen (secondary N) is 7. The lowest BCUT2D eigenvalue weighted by Gasteiger charge is -2.29. The number of guanidine groups is 1. The number of carbonyl (C=O) groups excluding carboxylic acids is 7. The summed E-state index contributed by atoms with van der Waals surface area (Å²) in [5, 5.41) is 73.3. The van der Waals surface area contributed by atoms with Gasteiger partial charge in [0.1, 0.15) is 36.8 Å². The van der Waals surface area contributed by atoms with E-state index in [2.05, 4.69) is 42.2 Å². The minimum Gasteiger partial charge on any atom is -0.481 e. The Kier molecular flexibility index (Phi) is 38.3. The fraction of sp³-hybridized carbons (Fsp3) is 0.702. The first-order valence-electron chi connectivity index (χ1n) is 26.0. The van der Waals surface area contributed by atoms with Gasteiger partial charge in [0.25, 0.3) is 0 Å². The second-order valence-electron chi connectivity index (χ2n) is 18.2. The first kappa shape index (κ1) is 74.0. The fourth-order valence-electron chi connectivity index (χ4n) is 7.32. The molecule has 1 rings (SSSR count). The minimum atomic E-state index is -1.57. The molecule has 0 bridgehead atoms. The monoisotopic (exact) mass is 1200 g/mol. The summed E-state index contributed by atoms with van der Waals surface area (Å²) in [5.74, 6) is -14.8. The van der Waals surface area contributed by atoms with Crippen LogP contribution in [0.25, 0.3) is 0 Å². The number of nitrogens with two attached hydrogens (primary N) is 2. The molecule has 0 spiro atoms. The summed E-state index contributed by atoms with van der Waals surface area (Å²) < 4.78 is 0. The summed E-state index contributed by atoms with van der Waals surface area (Å²) >= 11 is 0. The van der Waals surface area contributed by atoms with Gasteiger partial charge in [-0.2, -0.15) is 0 Å². The Hall–Kier alpha value is -7.04. The van der Waals surface area contributed by atoms with Crippen LogP contribution in [0.4, 0.5) is 0 Å². The van der Waals surface area contributed by atoms with Gasteiger partial charge in [-0.1, -0.05) is 62.1 Å². The summed E-state index contributed by atoms with van der Waals surface area (Å²) in [6.07, 6.45) is 0.116. The lowest BCUT2D eigenvalue weighted by atomic mass is 9.97. The van der Waals surface area contributed by atoms with Crippen LogP contribution in [0.3, 0.4) is 0 Å². The smallest absolute Gasteiger partial charge is 0.322 e. The summed E-state index contributed by atoms with van der Waals surface area (Å²) in [6.45, 7) is 3.49. The van der Waals surface area contributed by atoms with Gasteiger partial charge in [0.05, 0.1) is 32.7 Å². The molecule has 1 aliphatic heterocycles. The van der Waals surface area contributed by atoms with Crippen LogP contribution in [-0.2, 0) is 62.3 Å². The molecule has 7 amide bonds. The van der Waals surface area contributed by atoms with Crippen molar-refractivity contribution in [2.75, 3.05) is 90.0 Å². The van der Waals surface area contributed by atoms with Crippen molar-refractivity contribution < 1.29 is 93.0 Å². The van der Waals surface area contributed by atoms with Crippen molar-refractivity contribution in [2.45, 2.75) is 116 Å². The first-order valence-corrected chi connectivity index (χ1v) is 28.5. The molecule has 0 aromatic heterocycles. The van der Waals surface area contributed by atoms with Gasteiger partial charge in [-0.3, -0.25) is 82.0 Å². The van der Waals surface area contributed by atoms with Gasteiger partial charge in [0, 0.05) is 63.6 Å². The Labute approximate surface area is 476 Å². The molecule has 1 heterocycles. The van der Waals surface area contributed by atoms with Crippen molar-refractivity contribution >= 4 is 105 Å². The van der Waals surface area contributed by atoms with Crippen LogP contribution in [0, 0.1) is 5.92 Å². The molecular formula is C47H81N13O19S2. The van der Waals surface area contributed by atoms with E-state index in [1.54, 1.807) is 13.8 Å². The second-order valence-corrected chi connectivity index (χ2v) is 20.7. The summed E-state index contributed by atoms with van der Waals surface area (Å²) in [7, 11) is 1.91. The topological polar surface area (TPSA) is 502 Å². The van der Waals surface area contributed by atoms with Crippen molar-refractivity contribution in [1.82, 2.24) is 51.9 Å². The number of amides is 7. The number of unbranched alkanes of at least 4 members (excludes halogenated alkanes) is 2. The van der Waals surface area contributed by atoms with E-state index in [-0.39, 0.29) is 82.4 Å². The highest BCUT2D eigenvalue weighted by molar-refractivity contribution is 8.76. The molecule has 32 nitrogen and oxygen atoms in total. The summed E-state index contributed by atoms with van der Waals surface area (Å²) in [4.78, 5) is 171. The van der Waals surface area contributed by atoms with Crippen LogP contribution in [0.1, 0.15) is 85.5 Å². The number of hydrogen-bond acceptors (Lipinski definition) is 19. The molecule has 0 aromatic rings. The number of nitrogens with zero attached hydrogens (tertiary/aromatic N) is 4. The normalized spacial score (nSPS) is 18.5. The Balaban J connectivity index is 0.0000316. The Morgan fingerprint density at radius 2 is 1.11 bits per heavy atom. The molecule has 0 aromatic carbocycles. The number of rotatable bonds is 35. The van der Waals surface area contributed by atoms with Gasteiger partial charge in [-0.05, 0) is 38.0 Å². The van der Waals surface area contributed by atoms with Gasteiger partial charge in [0.2, 0.25) is 41.4 Å². The maximum Gasteiger partial charge on any atom is 0.322 e. The largest absolute Gasteiger partial charge is 0.481 e. The molecule has 460 valence electrons. The van der Waals surface area contributed by atoms with Crippen LogP contribution in [-0.4, -0.2) is 249 Å². The summed E-state index contributed by atoms with van der Waals surface area (Å²) in [5.41, 5.74) is 10.9. The highest BCUT2D eigenvalue weighted by atomic mass is 33.1.